The summed E-state index contributed by atoms with van der Waals surface area (Å²) in [5.41, 5.74) is 0.895. The molecule has 27 heavy (non-hydrogen) atoms. The Morgan fingerprint density at radius 1 is 1.00 bits per heavy atom. The number of carbonyl (C=O) groups is 1. The average molecular weight is 368 g/mol. The molecular weight excluding hydrogens is 350 g/mol. The predicted octanol–water partition coefficient (Wildman–Crippen LogP) is 4.30. The van der Waals surface area contributed by atoms with Gasteiger partial charge in [-0.25, -0.2) is 18.7 Å². The third-order valence-electron chi connectivity index (χ3n) is 3.60. The molecule has 1 heterocycles. The Bertz CT molecular complexity index is 961. The third-order valence-corrected chi connectivity index (χ3v) is 3.60. The fourth-order valence-corrected chi connectivity index (χ4v) is 2.41. The van der Waals surface area contributed by atoms with Crippen LogP contribution in [0.3, 0.4) is 0 Å². The molecule has 138 valence electrons. The van der Waals surface area contributed by atoms with Crippen LogP contribution < -0.4 is 10.6 Å². The van der Waals surface area contributed by atoms with Crippen LogP contribution in [0.5, 0.6) is 0 Å². The van der Waals surface area contributed by atoms with Gasteiger partial charge < -0.3 is 10.6 Å². The molecule has 5 nitrogen and oxygen atoms in total. The van der Waals surface area contributed by atoms with Gasteiger partial charge in [-0.1, -0.05) is 30.3 Å². The predicted molar refractivity (Wildman–Crippen MR) is 99.7 cm³/mol. The number of rotatable bonds is 5. The number of nitrogens with one attached hydrogen (secondary N) is 2. The van der Waals surface area contributed by atoms with E-state index >= 15 is 0 Å². The van der Waals surface area contributed by atoms with Gasteiger partial charge in [0.2, 0.25) is 0 Å². The van der Waals surface area contributed by atoms with Crippen LogP contribution in [0.25, 0.3) is 11.4 Å². The van der Waals surface area contributed by atoms with E-state index in [2.05, 4.69) is 20.6 Å². The highest BCUT2D eigenvalue weighted by Crippen LogP contribution is 2.23. The number of benzene rings is 2. The first-order valence-electron chi connectivity index (χ1n) is 8.40. The van der Waals surface area contributed by atoms with Crippen molar-refractivity contribution in [2.24, 2.45) is 0 Å². The maximum Gasteiger partial charge on any atom is 0.270 e. The number of anilines is 2. The van der Waals surface area contributed by atoms with Crippen LogP contribution in [0.2, 0.25) is 0 Å². The van der Waals surface area contributed by atoms with Gasteiger partial charge in [0.1, 0.15) is 23.1 Å². The maximum atomic E-state index is 14.0. The molecule has 3 aromatic rings. The fraction of sp³-hybridized carbons (Fsp3) is 0.150. The zero-order valence-electron chi connectivity index (χ0n) is 14.8. The van der Waals surface area contributed by atoms with E-state index in [1.807, 2.05) is 44.2 Å². The molecule has 0 fully saturated rings. The van der Waals surface area contributed by atoms with Crippen molar-refractivity contribution in [3.8, 4) is 11.4 Å². The van der Waals surface area contributed by atoms with E-state index in [0.717, 1.165) is 12.1 Å². The van der Waals surface area contributed by atoms with E-state index in [1.54, 1.807) is 0 Å². The van der Waals surface area contributed by atoms with Gasteiger partial charge in [-0.2, -0.15) is 0 Å². The summed E-state index contributed by atoms with van der Waals surface area (Å²) in [4.78, 5) is 21.1. The standard InChI is InChI=1S/C20H18F2N4O/c1-12(2)23-20(27)17-11-18(24-16-9-8-14(21)10-15(16)22)26-19(25-17)13-6-4-3-5-7-13/h3-12H,1-2H3,(H,23,27)(H,24,25,26). The summed E-state index contributed by atoms with van der Waals surface area (Å²) in [6.07, 6.45) is 0. The van der Waals surface area contributed by atoms with Crippen molar-refractivity contribution in [1.29, 1.82) is 0 Å². The Morgan fingerprint density at radius 3 is 2.41 bits per heavy atom. The lowest BCUT2D eigenvalue weighted by Crippen LogP contribution is -2.31. The Morgan fingerprint density at radius 2 is 1.74 bits per heavy atom. The van der Waals surface area contributed by atoms with Crippen LogP contribution in [0.4, 0.5) is 20.3 Å². The van der Waals surface area contributed by atoms with Crippen LogP contribution in [0.15, 0.2) is 54.6 Å². The van der Waals surface area contributed by atoms with Crippen LogP contribution in [0, 0.1) is 11.6 Å². The van der Waals surface area contributed by atoms with Gasteiger partial charge in [0.25, 0.3) is 5.91 Å². The maximum absolute atomic E-state index is 14.0. The Labute approximate surface area is 155 Å². The van der Waals surface area contributed by atoms with E-state index in [9.17, 15) is 13.6 Å². The summed E-state index contributed by atoms with van der Waals surface area (Å²) in [5.74, 6) is -1.27. The molecule has 0 aliphatic rings. The Kier molecular flexibility index (Phi) is 5.40. The minimum atomic E-state index is -0.761. The molecule has 0 aliphatic carbocycles. The minimum absolute atomic E-state index is 0.0457. The summed E-state index contributed by atoms with van der Waals surface area (Å²) in [5, 5.41) is 5.55. The first-order valence-corrected chi connectivity index (χ1v) is 8.40. The van der Waals surface area contributed by atoms with Crippen molar-refractivity contribution in [1.82, 2.24) is 15.3 Å². The normalized spacial score (nSPS) is 10.7. The molecule has 1 amide bonds. The number of hydrogen-bond donors (Lipinski definition) is 2. The van der Waals surface area contributed by atoms with Gasteiger partial charge in [0.15, 0.2) is 5.82 Å². The van der Waals surface area contributed by atoms with Gasteiger partial charge in [0.05, 0.1) is 5.69 Å². The number of nitrogens with zero attached hydrogens (tertiary/aromatic N) is 2. The highest BCUT2D eigenvalue weighted by molar-refractivity contribution is 5.93. The number of carbonyl (C=O) groups excluding carboxylic acids is 1. The van der Waals surface area contributed by atoms with Crippen LogP contribution >= 0.6 is 0 Å². The zero-order valence-corrected chi connectivity index (χ0v) is 14.8. The van der Waals surface area contributed by atoms with Gasteiger partial charge in [0, 0.05) is 23.7 Å². The van der Waals surface area contributed by atoms with Crippen molar-refractivity contribution in [3.63, 3.8) is 0 Å². The van der Waals surface area contributed by atoms with Crippen molar-refractivity contribution >= 4 is 17.4 Å². The number of hydrogen-bond acceptors (Lipinski definition) is 4. The first-order chi connectivity index (χ1) is 12.9. The zero-order chi connectivity index (χ0) is 19.4. The number of aromatic nitrogens is 2. The van der Waals surface area contributed by atoms with Gasteiger partial charge in [-0.05, 0) is 26.0 Å². The van der Waals surface area contributed by atoms with E-state index in [1.165, 1.54) is 12.1 Å². The van der Waals surface area contributed by atoms with Crippen molar-refractivity contribution in [2.45, 2.75) is 19.9 Å². The minimum Gasteiger partial charge on any atom is -0.349 e. The summed E-state index contributed by atoms with van der Waals surface area (Å²) >= 11 is 0. The molecule has 0 atom stereocenters. The van der Waals surface area contributed by atoms with E-state index in [0.29, 0.717) is 11.4 Å². The molecule has 0 aliphatic heterocycles. The van der Waals surface area contributed by atoms with E-state index in [-0.39, 0.29) is 29.1 Å². The van der Waals surface area contributed by atoms with Crippen molar-refractivity contribution < 1.29 is 13.6 Å². The molecule has 0 saturated carbocycles. The molecule has 7 heteroatoms. The Hall–Kier alpha value is -3.35. The molecule has 0 bridgehead atoms. The second kappa shape index (κ2) is 7.90. The van der Waals surface area contributed by atoms with Crippen molar-refractivity contribution in [3.05, 3.63) is 71.9 Å². The van der Waals surface area contributed by atoms with Crippen LogP contribution in [-0.4, -0.2) is 21.9 Å². The summed E-state index contributed by atoms with van der Waals surface area (Å²) in [6.45, 7) is 3.68. The molecule has 2 N–H and O–H groups in total. The molecule has 3 rings (SSSR count). The highest BCUT2D eigenvalue weighted by Gasteiger charge is 2.15. The van der Waals surface area contributed by atoms with Gasteiger partial charge in [-0.3, -0.25) is 4.79 Å². The van der Waals surface area contributed by atoms with E-state index < -0.39 is 11.6 Å². The van der Waals surface area contributed by atoms with Gasteiger partial charge in [-0.15, -0.1) is 0 Å². The molecular formula is C20H18F2N4O. The first kappa shape index (κ1) is 18.4. The molecule has 0 radical (unpaired) electrons. The Balaban J connectivity index is 2.02. The monoisotopic (exact) mass is 368 g/mol. The molecule has 0 saturated heterocycles. The molecule has 0 unspecified atom stereocenters. The smallest absolute Gasteiger partial charge is 0.270 e. The highest BCUT2D eigenvalue weighted by atomic mass is 19.1. The second-order valence-electron chi connectivity index (χ2n) is 6.21. The summed E-state index contributed by atoms with van der Waals surface area (Å²) < 4.78 is 27.1. The summed E-state index contributed by atoms with van der Waals surface area (Å²) in [6, 6.07) is 13.6. The molecule has 1 aromatic heterocycles. The second-order valence-corrected chi connectivity index (χ2v) is 6.21. The van der Waals surface area contributed by atoms with Crippen LogP contribution in [0.1, 0.15) is 24.3 Å². The van der Waals surface area contributed by atoms with Gasteiger partial charge >= 0.3 is 0 Å². The SMILES string of the molecule is CC(C)NC(=O)c1cc(Nc2ccc(F)cc2F)nc(-c2ccccc2)n1. The average Bonchev–Trinajstić information content (AvgIpc) is 2.64. The summed E-state index contributed by atoms with van der Waals surface area (Å²) in [7, 11) is 0. The number of halogens is 2. The van der Waals surface area contributed by atoms with Crippen LogP contribution in [-0.2, 0) is 0 Å². The fourth-order valence-electron chi connectivity index (χ4n) is 2.41. The molecule has 2 aromatic carbocycles. The molecule has 0 spiro atoms. The number of amides is 1. The third kappa shape index (κ3) is 4.63. The lowest BCUT2D eigenvalue weighted by atomic mass is 10.2. The lowest BCUT2D eigenvalue weighted by molar-refractivity contribution is 0.0938. The quantitative estimate of drug-likeness (QED) is 0.704. The van der Waals surface area contributed by atoms with Crippen molar-refractivity contribution in [2.75, 3.05) is 5.32 Å². The topological polar surface area (TPSA) is 66.9 Å². The van der Waals surface area contributed by atoms with E-state index in [4.69, 9.17) is 0 Å². The lowest BCUT2D eigenvalue weighted by Gasteiger charge is -2.12. The largest absolute Gasteiger partial charge is 0.349 e.